The number of amides is 1. The Morgan fingerprint density at radius 3 is 2.76 bits per heavy atom. The van der Waals surface area contributed by atoms with E-state index in [-0.39, 0.29) is 24.5 Å². The Bertz CT molecular complexity index is 562. The number of carboxylic acids is 1. The van der Waals surface area contributed by atoms with E-state index in [0.717, 1.165) is 6.07 Å². The second-order valence-electron chi connectivity index (χ2n) is 4.81. The summed E-state index contributed by atoms with van der Waals surface area (Å²) < 4.78 is 23.3. The molecule has 1 saturated heterocycles. The molecule has 0 spiro atoms. The van der Waals surface area contributed by atoms with Gasteiger partial charge in [-0.2, -0.15) is 0 Å². The Balaban J connectivity index is 2.21. The van der Waals surface area contributed by atoms with Gasteiger partial charge in [-0.25, -0.2) is 4.39 Å². The maximum absolute atomic E-state index is 13.4. The highest BCUT2D eigenvalue weighted by atomic mass is 19.1. The number of aliphatic carboxylic acids is 1. The summed E-state index contributed by atoms with van der Waals surface area (Å²) in [4.78, 5) is 24.8. The molecule has 2 unspecified atom stereocenters. The zero-order valence-corrected chi connectivity index (χ0v) is 11.7. The molecule has 114 valence electrons. The molecule has 0 aromatic heterocycles. The van der Waals surface area contributed by atoms with Crippen molar-refractivity contribution in [3.05, 3.63) is 29.6 Å². The summed E-state index contributed by atoms with van der Waals surface area (Å²) in [6, 6.07) is 3.22. The van der Waals surface area contributed by atoms with Gasteiger partial charge in [-0.1, -0.05) is 0 Å². The lowest BCUT2D eigenvalue weighted by molar-refractivity contribution is -0.142. The van der Waals surface area contributed by atoms with E-state index in [4.69, 9.17) is 14.6 Å². The number of rotatable bonds is 4. The van der Waals surface area contributed by atoms with Crippen LogP contribution in [-0.2, 0) is 9.53 Å². The fourth-order valence-corrected chi connectivity index (χ4v) is 2.31. The van der Waals surface area contributed by atoms with Crippen LogP contribution in [0.25, 0.3) is 0 Å². The Morgan fingerprint density at radius 1 is 1.43 bits per heavy atom. The maximum Gasteiger partial charge on any atom is 0.311 e. The number of carboxylic acid groups (broad SMARTS) is 1. The Labute approximate surface area is 121 Å². The van der Waals surface area contributed by atoms with Crippen LogP contribution in [0.2, 0.25) is 0 Å². The number of methoxy groups -OCH3 is 1. The van der Waals surface area contributed by atoms with Crippen LogP contribution in [0.3, 0.4) is 0 Å². The van der Waals surface area contributed by atoms with Crippen LogP contribution in [0.15, 0.2) is 18.2 Å². The first kappa shape index (κ1) is 15.2. The number of hydrogen-bond acceptors (Lipinski definition) is 4. The molecule has 1 fully saturated rings. The summed E-state index contributed by atoms with van der Waals surface area (Å²) in [6.07, 6.45) is 0. The normalized spacial score (nSPS) is 21.1. The molecule has 0 bridgehead atoms. The van der Waals surface area contributed by atoms with E-state index in [2.05, 4.69) is 0 Å². The highest BCUT2D eigenvalue weighted by Crippen LogP contribution is 2.23. The third-order valence-corrected chi connectivity index (χ3v) is 3.58. The summed E-state index contributed by atoms with van der Waals surface area (Å²) >= 11 is 0. The van der Waals surface area contributed by atoms with Crippen LogP contribution in [0, 0.1) is 11.7 Å². The number of carbonyl (C=O) groups is 2. The number of ether oxygens (including phenoxy) is 2. The molecule has 1 aliphatic heterocycles. The third kappa shape index (κ3) is 2.97. The van der Waals surface area contributed by atoms with Crippen LogP contribution in [0.4, 0.5) is 4.39 Å². The first-order valence-corrected chi connectivity index (χ1v) is 6.37. The van der Waals surface area contributed by atoms with Crippen molar-refractivity contribution in [2.45, 2.75) is 6.04 Å². The first-order chi connectivity index (χ1) is 9.95. The zero-order valence-electron chi connectivity index (χ0n) is 11.7. The van der Waals surface area contributed by atoms with Crippen molar-refractivity contribution >= 4 is 11.9 Å². The van der Waals surface area contributed by atoms with Crippen LogP contribution in [-0.4, -0.2) is 55.3 Å². The van der Waals surface area contributed by atoms with Gasteiger partial charge in [0.2, 0.25) is 0 Å². The molecule has 0 saturated carbocycles. The Morgan fingerprint density at radius 2 is 2.14 bits per heavy atom. The molecule has 2 atom stereocenters. The molecule has 1 aliphatic rings. The van der Waals surface area contributed by atoms with Crippen molar-refractivity contribution in [3.8, 4) is 5.75 Å². The first-order valence-electron chi connectivity index (χ1n) is 6.37. The van der Waals surface area contributed by atoms with Crippen LogP contribution >= 0.6 is 0 Å². The van der Waals surface area contributed by atoms with Gasteiger partial charge in [-0.3, -0.25) is 9.59 Å². The standard InChI is InChI=1S/C14H16FNO5/c1-16(11-7-21-6-9(11)14(18)19)13(17)8-3-4-10(15)12(5-8)20-2/h3-5,9,11H,6-7H2,1-2H3,(H,18,19). The fourth-order valence-electron chi connectivity index (χ4n) is 2.31. The molecular formula is C14H16FNO5. The average molecular weight is 297 g/mol. The lowest BCUT2D eigenvalue weighted by Gasteiger charge is -2.26. The second kappa shape index (κ2) is 6.09. The van der Waals surface area contributed by atoms with Gasteiger partial charge in [0, 0.05) is 12.6 Å². The smallest absolute Gasteiger partial charge is 0.311 e. The van der Waals surface area contributed by atoms with E-state index < -0.39 is 29.7 Å². The van der Waals surface area contributed by atoms with Gasteiger partial charge in [0.05, 0.1) is 26.4 Å². The number of nitrogens with zero attached hydrogens (tertiary/aromatic N) is 1. The predicted molar refractivity (Wildman–Crippen MR) is 70.8 cm³/mol. The van der Waals surface area contributed by atoms with Crippen molar-refractivity contribution in [1.29, 1.82) is 0 Å². The molecule has 1 aromatic carbocycles. The van der Waals surface area contributed by atoms with Gasteiger partial charge in [0.1, 0.15) is 5.92 Å². The van der Waals surface area contributed by atoms with Gasteiger partial charge in [0.25, 0.3) is 5.91 Å². The molecule has 7 heteroatoms. The van der Waals surface area contributed by atoms with E-state index in [0.29, 0.717) is 0 Å². The Kier molecular flexibility index (Phi) is 4.42. The highest BCUT2D eigenvalue weighted by Gasteiger charge is 2.38. The summed E-state index contributed by atoms with van der Waals surface area (Å²) in [5, 5.41) is 9.12. The topological polar surface area (TPSA) is 76.1 Å². The molecule has 1 amide bonds. The van der Waals surface area contributed by atoms with Crippen molar-refractivity contribution < 1.29 is 28.6 Å². The average Bonchev–Trinajstić information content (AvgIpc) is 2.96. The van der Waals surface area contributed by atoms with Crippen molar-refractivity contribution in [3.63, 3.8) is 0 Å². The summed E-state index contributed by atoms with van der Waals surface area (Å²) in [7, 11) is 2.81. The molecular weight excluding hydrogens is 281 g/mol. The molecule has 0 aliphatic carbocycles. The number of carbonyl (C=O) groups excluding carboxylic acids is 1. The van der Waals surface area contributed by atoms with Crippen molar-refractivity contribution in [2.75, 3.05) is 27.4 Å². The van der Waals surface area contributed by atoms with Crippen LogP contribution < -0.4 is 4.74 Å². The number of benzene rings is 1. The van der Waals surface area contributed by atoms with Crippen LogP contribution in [0.1, 0.15) is 10.4 Å². The minimum atomic E-state index is -1.01. The minimum absolute atomic E-state index is 0.0355. The van der Waals surface area contributed by atoms with Gasteiger partial charge in [-0.05, 0) is 18.2 Å². The van der Waals surface area contributed by atoms with Crippen molar-refractivity contribution in [2.24, 2.45) is 5.92 Å². The van der Waals surface area contributed by atoms with E-state index in [1.165, 1.54) is 31.2 Å². The quantitative estimate of drug-likeness (QED) is 0.897. The van der Waals surface area contributed by atoms with E-state index in [1.54, 1.807) is 0 Å². The number of halogens is 1. The van der Waals surface area contributed by atoms with E-state index >= 15 is 0 Å². The van der Waals surface area contributed by atoms with Gasteiger partial charge >= 0.3 is 5.97 Å². The molecule has 6 nitrogen and oxygen atoms in total. The largest absolute Gasteiger partial charge is 0.494 e. The van der Waals surface area contributed by atoms with Crippen LogP contribution in [0.5, 0.6) is 5.75 Å². The monoisotopic (exact) mass is 297 g/mol. The van der Waals surface area contributed by atoms with Crippen molar-refractivity contribution in [1.82, 2.24) is 4.90 Å². The fraction of sp³-hybridized carbons (Fsp3) is 0.429. The van der Waals surface area contributed by atoms with E-state index in [1.807, 2.05) is 0 Å². The lowest BCUT2D eigenvalue weighted by atomic mass is 10.0. The SMILES string of the molecule is COc1cc(C(=O)N(C)C2COCC2C(=O)O)ccc1F. The summed E-state index contributed by atoms with van der Waals surface area (Å²) in [5.74, 6) is -2.78. The molecule has 1 aromatic rings. The predicted octanol–water partition coefficient (Wildman–Crippen LogP) is 1.01. The number of hydrogen-bond donors (Lipinski definition) is 1. The summed E-state index contributed by atoms with van der Waals surface area (Å²) in [6.45, 7) is 0.238. The third-order valence-electron chi connectivity index (χ3n) is 3.58. The molecule has 21 heavy (non-hydrogen) atoms. The Hall–Kier alpha value is -2.15. The minimum Gasteiger partial charge on any atom is -0.494 e. The number of likely N-dealkylation sites (N-methyl/N-ethyl adjacent to an activating group) is 1. The highest BCUT2D eigenvalue weighted by molar-refractivity contribution is 5.95. The van der Waals surface area contributed by atoms with Gasteiger partial charge in [0.15, 0.2) is 11.6 Å². The second-order valence-corrected chi connectivity index (χ2v) is 4.81. The molecule has 2 rings (SSSR count). The molecule has 1 N–H and O–H groups in total. The molecule has 0 radical (unpaired) electrons. The zero-order chi connectivity index (χ0) is 15.6. The van der Waals surface area contributed by atoms with E-state index in [9.17, 15) is 14.0 Å². The molecule has 1 heterocycles. The lowest BCUT2D eigenvalue weighted by Crippen LogP contribution is -2.44. The van der Waals surface area contributed by atoms with Gasteiger partial charge in [-0.15, -0.1) is 0 Å². The summed E-state index contributed by atoms with van der Waals surface area (Å²) in [5.41, 5.74) is 0.229. The maximum atomic E-state index is 13.4. The van der Waals surface area contributed by atoms with Gasteiger partial charge < -0.3 is 19.5 Å².